The summed E-state index contributed by atoms with van der Waals surface area (Å²) in [7, 11) is 0. The second kappa shape index (κ2) is 63.2. The maximum atomic E-state index is 13.1. The van der Waals surface area contributed by atoms with Gasteiger partial charge in [0.05, 0.1) is 32.0 Å². The zero-order chi connectivity index (χ0) is 61.6. The van der Waals surface area contributed by atoms with Gasteiger partial charge in [-0.3, -0.25) is 9.59 Å². The summed E-state index contributed by atoms with van der Waals surface area (Å²) in [4.78, 5) is 25.1. The van der Waals surface area contributed by atoms with Crippen LogP contribution in [0.25, 0.3) is 0 Å². The third kappa shape index (κ3) is 52.1. The van der Waals surface area contributed by atoms with Gasteiger partial charge in [0.15, 0.2) is 6.29 Å². The van der Waals surface area contributed by atoms with Gasteiger partial charge in [-0.25, -0.2) is 0 Å². The fourth-order valence-corrected chi connectivity index (χ4v) is 11.4. The van der Waals surface area contributed by atoms with E-state index in [1.165, 1.54) is 257 Å². The summed E-state index contributed by atoms with van der Waals surface area (Å²) in [6.07, 6.45) is 72.4. The SMILES string of the molecule is CCCCCCCCCCC/C=C/CC/C=C/C(O)C(COC1OC(CO)C(O)C(O)C1O)NC(=O)CCCCCCCCCCCCCCCCC/C=C\C/C=C\CCCCCCCCCCCOC(=O)CCCCCCCCCCCCC. The van der Waals surface area contributed by atoms with Crippen LogP contribution < -0.4 is 5.32 Å². The summed E-state index contributed by atoms with van der Waals surface area (Å²) in [5.74, 6) is -0.185. The maximum absolute atomic E-state index is 13.1. The Balaban J connectivity index is 2.00. The van der Waals surface area contributed by atoms with Crippen LogP contribution in [0.4, 0.5) is 0 Å². The van der Waals surface area contributed by atoms with Crippen molar-refractivity contribution in [1.29, 1.82) is 0 Å². The molecule has 0 bridgehead atoms. The lowest BCUT2D eigenvalue weighted by atomic mass is 9.99. The molecule has 1 rings (SSSR count). The number of carbonyl (C=O) groups excluding carboxylic acids is 2. The van der Waals surface area contributed by atoms with Gasteiger partial charge in [-0.15, -0.1) is 0 Å². The molecule has 0 aliphatic carbocycles. The van der Waals surface area contributed by atoms with Gasteiger partial charge in [0.2, 0.25) is 5.91 Å². The molecule has 11 heteroatoms. The number of allylic oxidation sites excluding steroid dienone is 7. The zero-order valence-corrected chi connectivity index (χ0v) is 55.3. The lowest BCUT2D eigenvalue weighted by molar-refractivity contribution is -0.302. The van der Waals surface area contributed by atoms with E-state index in [0.717, 1.165) is 64.2 Å². The average molecular weight is 1200 g/mol. The number of ether oxygens (including phenoxy) is 3. The molecule has 1 aliphatic rings. The van der Waals surface area contributed by atoms with Gasteiger partial charge >= 0.3 is 5.97 Å². The quantitative estimate of drug-likeness (QED) is 0.0195. The Labute approximate surface area is 523 Å². The molecule has 0 aromatic carbocycles. The van der Waals surface area contributed by atoms with Crippen molar-refractivity contribution >= 4 is 11.9 Å². The zero-order valence-electron chi connectivity index (χ0n) is 55.3. The van der Waals surface area contributed by atoms with Crippen molar-refractivity contribution in [3.63, 3.8) is 0 Å². The molecular formula is C74H137NO10. The fourth-order valence-electron chi connectivity index (χ4n) is 11.4. The molecule has 1 amide bonds. The van der Waals surface area contributed by atoms with Crippen LogP contribution >= 0.6 is 0 Å². The van der Waals surface area contributed by atoms with Gasteiger partial charge in [-0.2, -0.15) is 0 Å². The van der Waals surface area contributed by atoms with Crippen LogP contribution in [0.3, 0.4) is 0 Å². The number of hydrogen-bond donors (Lipinski definition) is 6. The normalized spacial score (nSPS) is 18.2. The Morgan fingerprint density at radius 2 is 0.800 bits per heavy atom. The van der Waals surface area contributed by atoms with Crippen molar-refractivity contribution in [3.05, 3.63) is 48.6 Å². The van der Waals surface area contributed by atoms with Crippen LogP contribution in [0.15, 0.2) is 48.6 Å². The van der Waals surface area contributed by atoms with Crippen molar-refractivity contribution < 1.29 is 49.3 Å². The van der Waals surface area contributed by atoms with Crippen LogP contribution in [-0.4, -0.2) is 100 Å². The number of carbonyl (C=O) groups is 2. The molecule has 0 aromatic heterocycles. The van der Waals surface area contributed by atoms with E-state index in [4.69, 9.17) is 14.2 Å². The monoisotopic (exact) mass is 1200 g/mol. The highest BCUT2D eigenvalue weighted by Crippen LogP contribution is 2.23. The molecular weight excluding hydrogens is 1060 g/mol. The predicted molar refractivity (Wildman–Crippen MR) is 357 cm³/mol. The Hall–Kier alpha value is -2.38. The molecule has 1 heterocycles. The highest BCUT2D eigenvalue weighted by molar-refractivity contribution is 5.76. The molecule has 7 unspecified atom stereocenters. The lowest BCUT2D eigenvalue weighted by Gasteiger charge is -2.40. The Kier molecular flexibility index (Phi) is 60.0. The highest BCUT2D eigenvalue weighted by Gasteiger charge is 2.44. The van der Waals surface area contributed by atoms with Gasteiger partial charge in [0.1, 0.15) is 24.4 Å². The van der Waals surface area contributed by atoms with Crippen molar-refractivity contribution in [2.45, 2.75) is 391 Å². The minimum Gasteiger partial charge on any atom is -0.466 e. The highest BCUT2D eigenvalue weighted by atomic mass is 16.7. The average Bonchev–Trinajstić information content (AvgIpc) is 3.40. The summed E-state index contributed by atoms with van der Waals surface area (Å²) >= 11 is 0. The van der Waals surface area contributed by atoms with Crippen LogP contribution in [-0.2, 0) is 23.8 Å². The van der Waals surface area contributed by atoms with Gasteiger partial charge in [-0.05, 0) is 77.0 Å². The maximum Gasteiger partial charge on any atom is 0.305 e. The van der Waals surface area contributed by atoms with Crippen molar-refractivity contribution in [2.24, 2.45) is 0 Å². The molecule has 0 aromatic rings. The third-order valence-electron chi connectivity index (χ3n) is 17.2. The van der Waals surface area contributed by atoms with Crippen molar-refractivity contribution in [3.8, 4) is 0 Å². The molecule has 7 atom stereocenters. The molecule has 0 spiro atoms. The first-order chi connectivity index (χ1) is 41.7. The summed E-state index contributed by atoms with van der Waals surface area (Å²) in [6, 6.07) is -0.828. The fraction of sp³-hybridized carbons (Fsp3) is 0.865. The number of aliphatic hydroxyl groups is 5. The minimum absolute atomic E-state index is 0.00483. The topological polar surface area (TPSA) is 175 Å². The number of amides is 1. The van der Waals surface area contributed by atoms with Crippen LogP contribution in [0.1, 0.15) is 348 Å². The summed E-state index contributed by atoms with van der Waals surface area (Å²) in [6.45, 7) is 4.35. The number of nitrogens with one attached hydrogen (secondary N) is 1. The van der Waals surface area contributed by atoms with E-state index in [1.54, 1.807) is 6.08 Å². The second-order valence-corrected chi connectivity index (χ2v) is 25.3. The van der Waals surface area contributed by atoms with E-state index in [2.05, 4.69) is 55.6 Å². The van der Waals surface area contributed by atoms with E-state index in [9.17, 15) is 35.1 Å². The molecule has 1 saturated heterocycles. The largest absolute Gasteiger partial charge is 0.466 e. The molecule has 85 heavy (non-hydrogen) atoms. The van der Waals surface area contributed by atoms with E-state index in [1.807, 2.05) is 6.08 Å². The number of esters is 1. The number of aliphatic hydroxyl groups excluding tert-OH is 5. The third-order valence-corrected chi connectivity index (χ3v) is 17.2. The second-order valence-electron chi connectivity index (χ2n) is 25.3. The summed E-state index contributed by atoms with van der Waals surface area (Å²) in [5.41, 5.74) is 0. The number of unbranched alkanes of at least 4 members (excludes halogenated alkanes) is 44. The molecule has 1 aliphatic heterocycles. The Morgan fingerprint density at radius 1 is 0.435 bits per heavy atom. The first-order valence-electron chi connectivity index (χ1n) is 36.4. The standard InChI is InChI=1S/C74H137NO10/c1-3-5-7-9-11-13-15-16-34-37-41-44-48-52-56-60-67(77)66(65-84-74-73(82)72(81)71(80)68(64-76)85-74)75-69(78)61-57-53-49-45-42-38-35-32-30-28-26-24-22-20-18-17-19-21-23-25-27-29-31-33-36-39-43-47-51-55-59-63-83-70(79)62-58-54-50-46-40-14-12-10-8-6-4-2/h19,21,25,27,41,44,56,60,66-68,71-74,76-77,80-82H,3-18,20,22-24,26,28-40,42-43,45-55,57-59,61-65H2,1-2H3,(H,75,78)/b21-19-,27-25-,44-41+,60-56+. The summed E-state index contributed by atoms with van der Waals surface area (Å²) in [5, 5.41) is 54.5. The Morgan fingerprint density at radius 3 is 1.24 bits per heavy atom. The molecule has 1 fully saturated rings. The predicted octanol–water partition coefficient (Wildman–Crippen LogP) is 18.7. The Bertz CT molecular complexity index is 1550. The molecule has 0 saturated carbocycles. The van der Waals surface area contributed by atoms with Gasteiger partial charge in [0.25, 0.3) is 0 Å². The number of hydrogen-bond acceptors (Lipinski definition) is 10. The van der Waals surface area contributed by atoms with E-state index in [0.29, 0.717) is 19.4 Å². The number of rotatable bonds is 64. The van der Waals surface area contributed by atoms with E-state index >= 15 is 0 Å². The van der Waals surface area contributed by atoms with Gasteiger partial charge in [0, 0.05) is 12.8 Å². The van der Waals surface area contributed by atoms with E-state index in [-0.39, 0.29) is 18.5 Å². The van der Waals surface area contributed by atoms with Crippen LogP contribution in [0.5, 0.6) is 0 Å². The minimum atomic E-state index is -1.58. The smallest absolute Gasteiger partial charge is 0.305 e. The van der Waals surface area contributed by atoms with Crippen LogP contribution in [0.2, 0.25) is 0 Å². The van der Waals surface area contributed by atoms with Crippen LogP contribution in [0, 0.1) is 0 Å². The van der Waals surface area contributed by atoms with E-state index < -0.39 is 49.5 Å². The van der Waals surface area contributed by atoms with Crippen molar-refractivity contribution in [1.82, 2.24) is 5.32 Å². The summed E-state index contributed by atoms with van der Waals surface area (Å²) < 4.78 is 16.7. The molecule has 498 valence electrons. The lowest BCUT2D eigenvalue weighted by Crippen LogP contribution is -2.60. The first-order valence-corrected chi connectivity index (χ1v) is 36.4. The molecule has 6 N–H and O–H groups in total. The van der Waals surface area contributed by atoms with Crippen molar-refractivity contribution in [2.75, 3.05) is 19.8 Å². The van der Waals surface area contributed by atoms with Gasteiger partial charge < -0.3 is 45.1 Å². The van der Waals surface area contributed by atoms with Gasteiger partial charge in [-0.1, -0.05) is 306 Å². The molecule has 0 radical (unpaired) electrons. The first kappa shape index (κ1) is 80.6. The molecule has 11 nitrogen and oxygen atoms in total.